The molecule has 2 heterocycles. The minimum absolute atomic E-state index is 0.259. The zero-order chi connectivity index (χ0) is 21.3. The molecule has 152 valence electrons. The normalized spacial score (nSPS) is 13.9. The first-order chi connectivity index (χ1) is 14.5. The van der Waals surface area contributed by atoms with Gasteiger partial charge < -0.3 is 10.1 Å². The Morgan fingerprint density at radius 2 is 1.80 bits per heavy atom. The predicted molar refractivity (Wildman–Crippen MR) is 121 cm³/mol. The van der Waals surface area contributed by atoms with Crippen molar-refractivity contribution in [1.82, 2.24) is 0 Å². The molecule has 0 bridgehead atoms. The summed E-state index contributed by atoms with van der Waals surface area (Å²) >= 11 is 1.43. The van der Waals surface area contributed by atoms with Crippen LogP contribution in [0.25, 0.3) is 5.57 Å². The Bertz CT molecular complexity index is 1150. The van der Waals surface area contributed by atoms with Gasteiger partial charge in [-0.3, -0.25) is 9.59 Å². The van der Waals surface area contributed by atoms with Crippen LogP contribution in [-0.4, -0.2) is 18.4 Å². The van der Waals surface area contributed by atoms with Crippen LogP contribution < -0.4 is 15.0 Å². The van der Waals surface area contributed by atoms with Gasteiger partial charge in [0.15, 0.2) is 0 Å². The van der Waals surface area contributed by atoms with E-state index < -0.39 is 0 Å². The molecule has 2 amide bonds. The summed E-state index contributed by atoms with van der Waals surface area (Å²) in [5, 5.41) is 5.09. The van der Waals surface area contributed by atoms with Gasteiger partial charge in [-0.25, -0.2) is 4.90 Å². The number of anilines is 2. The number of amides is 2. The van der Waals surface area contributed by atoms with Crippen molar-refractivity contribution in [3.05, 3.63) is 81.7 Å². The number of nitrogens with one attached hydrogen (secondary N) is 1. The van der Waals surface area contributed by atoms with Crippen LogP contribution in [0.4, 0.5) is 11.4 Å². The molecule has 1 aliphatic rings. The number of aryl methyl sites for hydroxylation is 2. The third-order valence-electron chi connectivity index (χ3n) is 4.89. The van der Waals surface area contributed by atoms with Crippen LogP contribution >= 0.6 is 11.3 Å². The first kappa shape index (κ1) is 19.9. The van der Waals surface area contributed by atoms with Crippen molar-refractivity contribution in [2.45, 2.75) is 20.8 Å². The lowest BCUT2D eigenvalue weighted by molar-refractivity contribution is -0.120. The number of ether oxygens (including phenoxy) is 1. The van der Waals surface area contributed by atoms with Crippen LogP contribution in [0.15, 0.2) is 65.7 Å². The lowest BCUT2D eigenvalue weighted by atomic mass is 10.1. The molecule has 0 aliphatic carbocycles. The highest BCUT2D eigenvalue weighted by atomic mass is 32.1. The Morgan fingerprint density at radius 1 is 1.00 bits per heavy atom. The maximum atomic E-state index is 13.5. The third kappa shape index (κ3) is 3.50. The van der Waals surface area contributed by atoms with E-state index in [2.05, 4.69) is 5.32 Å². The van der Waals surface area contributed by atoms with Gasteiger partial charge in [-0.15, -0.1) is 11.3 Å². The van der Waals surface area contributed by atoms with Crippen LogP contribution in [0.3, 0.4) is 0 Å². The summed E-state index contributed by atoms with van der Waals surface area (Å²) in [6.07, 6.45) is 0. The Balaban J connectivity index is 1.81. The minimum Gasteiger partial charge on any atom is -0.492 e. The summed E-state index contributed by atoms with van der Waals surface area (Å²) in [5.74, 6) is -0.0734. The van der Waals surface area contributed by atoms with Crippen molar-refractivity contribution < 1.29 is 14.3 Å². The molecule has 0 radical (unpaired) electrons. The second-order valence-electron chi connectivity index (χ2n) is 7.02. The van der Waals surface area contributed by atoms with Gasteiger partial charge in [0, 0.05) is 4.88 Å². The molecule has 1 N–H and O–H groups in total. The monoisotopic (exact) mass is 418 g/mol. The molecule has 0 unspecified atom stereocenters. The largest absolute Gasteiger partial charge is 0.492 e. The van der Waals surface area contributed by atoms with E-state index in [0.29, 0.717) is 29.3 Å². The summed E-state index contributed by atoms with van der Waals surface area (Å²) in [5.41, 5.74) is 3.83. The van der Waals surface area contributed by atoms with E-state index >= 15 is 0 Å². The van der Waals surface area contributed by atoms with E-state index in [9.17, 15) is 9.59 Å². The Kier molecular flexibility index (Phi) is 5.42. The number of para-hydroxylation sites is 2. The van der Waals surface area contributed by atoms with Gasteiger partial charge in [0.25, 0.3) is 11.8 Å². The lowest BCUT2D eigenvalue weighted by Gasteiger charge is -2.18. The maximum absolute atomic E-state index is 13.5. The zero-order valence-electron chi connectivity index (χ0n) is 17.1. The second-order valence-corrected chi connectivity index (χ2v) is 7.96. The van der Waals surface area contributed by atoms with Crippen LogP contribution in [0.1, 0.15) is 22.9 Å². The SMILES string of the molecule is CCOc1ccccc1NC1=C(c2cccs2)C(=O)N(c2ccc(C)cc2C)C1=O. The smallest absolute Gasteiger partial charge is 0.282 e. The Morgan fingerprint density at radius 3 is 2.50 bits per heavy atom. The molecule has 0 atom stereocenters. The number of benzene rings is 2. The molecular formula is C24H22N2O3S. The van der Waals surface area contributed by atoms with E-state index in [4.69, 9.17) is 4.74 Å². The summed E-state index contributed by atoms with van der Waals surface area (Å²) < 4.78 is 5.69. The molecule has 4 rings (SSSR count). The van der Waals surface area contributed by atoms with Gasteiger partial charge in [0.05, 0.1) is 23.6 Å². The van der Waals surface area contributed by atoms with Gasteiger partial charge >= 0.3 is 0 Å². The summed E-state index contributed by atoms with van der Waals surface area (Å²) in [6.45, 7) is 6.29. The summed E-state index contributed by atoms with van der Waals surface area (Å²) in [6, 6.07) is 16.8. The molecule has 0 spiro atoms. The quantitative estimate of drug-likeness (QED) is 0.562. The average molecular weight is 419 g/mol. The molecule has 3 aromatic rings. The molecule has 2 aromatic carbocycles. The lowest BCUT2D eigenvalue weighted by Crippen LogP contribution is -2.33. The van der Waals surface area contributed by atoms with E-state index in [1.54, 1.807) is 0 Å². The molecule has 1 aliphatic heterocycles. The molecule has 1 aromatic heterocycles. The van der Waals surface area contributed by atoms with E-state index in [1.807, 2.05) is 80.7 Å². The highest BCUT2D eigenvalue weighted by Crippen LogP contribution is 2.38. The van der Waals surface area contributed by atoms with Crippen molar-refractivity contribution in [2.75, 3.05) is 16.8 Å². The number of nitrogens with zero attached hydrogens (tertiary/aromatic N) is 1. The third-order valence-corrected chi connectivity index (χ3v) is 5.78. The first-order valence-corrected chi connectivity index (χ1v) is 10.6. The van der Waals surface area contributed by atoms with Crippen molar-refractivity contribution >= 4 is 40.1 Å². The fourth-order valence-electron chi connectivity index (χ4n) is 3.56. The molecular weight excluding hydrogens is 396 g/mol. The number of hydrogen-bond donors (Lipinski definition) is 1. The maximum Gasteiger partial charge on any atom is 0.282 e. The molecule has 0 saturated carbocycles. The standard InChI is InChI=1S/C24H22N2O3S/c1-4-29-19-9-6-5-8-17(19)25-22-21(20-10-7-13-30-20)23(27)26(24(22)28)18-12-11-15(2)14-16(18)3/h5-14,25H,4H2,1-3H3. The highest BCUT2D eigenvalue weighted by molar-refractivity contribution is 7.11. The molecule has 6 heteroatoms. The van der Waals surface area contributed by atoms with Gasteiger partial charge in [0.1, 0.15) is 11.4 Å². The zero-order valence-corrected chi connectivity index (χ0v) is 17.9. The second kappa shape index (κ2) is 8.16. The number of rotatable bonds is 6. The first-order valence-electron chi connectivity index (χ1n) is 9.74. The van der Waals surface area contributed by atoms with Crippen molar-refractivity contribution in [3.8, 4) is 5.75 Å². The van der Waals surface area contributed by atoms with Gasteiger partial charge in [-0.1, -0.05) is 35.9 Å². The van der Waals surface area contributed by atoms with Crippen LogP contribution in [0, 0.1) is 13.8 Å². The molecule has 5 nitrogen and oxygen atoms in total. The number of hydrogen-bond acceptors (Lipinski definition) is 5. The van der Waals surface area contributed by atoms with Gasteiger partial charge in [0.2, 0.25) is 0 Å². The molecule has 0 saturated heterocycles. The van der Waals surface area contributed by atoms with E-state index in [1.165, 1.54) is 16.2 Å². The molecule has 30 heavy (non-hydrogen) atoms. The summed E-state index contributed by atoms with van der Waals surface area (Å²) in [7, 11) is 0. The number of thiophene rings is 1. The minimum atomic E-state index is -0.373. The van der Waals surface area contributed by atoms with Crippen LogP contribution in [-0.2, 0) is 9.59 Å². The van der Waals surface area contributed by atoms with Crippen molar-refractivity contribution in [3.63, 3.8) is 0 Å². The van der Waals surface area contributed by atoms with Crippen molar-refractivity contribution in [2.24, 2.45) is 0 Å². The number of carbonyl (C=O) groups excluding carboxylic acids is 2. The number of imide groups is 1. The van der Waals surface area contributed by atoms with E-state index in [0.717, 1.165) is 16.0 Å². The van der Waals surface area contributed by atoms with Crippen molar-refractivity contribution in [1.29, 1.82) is 0 Å². The fourth-order valence-corrected chi connectivity index (χ4v) is 4.32. The average Bonchev–Trinajstić information content (AvgIpc) is 3.32. The van der Waals surface area contributed by atoms with Crippen LogP contribution in [0.5, 0.6) is 5.75 Å². The Labute approximate surface area is 179 Å². The Hall–Kier alpha value is -3.38. The van der Waals surface area contributed by atoms with Gasteiger partial charge in [-0.2, -0.15) is 0 Å². The van der Waals surface area contributed by atoms with E-state index in [-0.39, 0.29) is 17.5 Å². The summed E-state index contributed by atoms with van der Waals surface area (Å²) in [4.78, 5) is 28.9. The topological polar surface area (TPSA) is 58.6 Å². The van der Waals surface area contributed by atoms with Crippen LogP contribution in [0.2, 0.25) is 0 Å². The van der Waals surface area contributed by atoms with Gasteiger partial charge in [-0.05, 0) is 56.0 Å². The molecule has 0 fully saturated rings. The fraction of sp³-hybridized carbons (Fsp3) is 0.167. The predicted octanol–water partition coefficient (Wildman–Crippen LogP) is 5.16. The number of carbonyl (C=O) groups is 2. The highest BCUT2D eigenvalue weighted by Gasteiger charge is 2.41.